The van der Waals surface area contributed by atoms with Gasteiger partial charge in [-0.2, -0.15) is 0 Å². The summed E-state index contributed by atoms with van der Waals surface area (Å²) in [5.74, 6) is 0. The molecular weight excluding hydrogens is 246 g/mol. The summed E-state index contributed by atoms with van der Waals surface area (Å²) in [6.07, 6.45) is 8.34. The van der Waals surface area contributed by atoms with Crippen LogP contribution in [0.15, 0.2) is 48.0 Å². The molecule has 0 saturated heterocycles. The number of aliphatic hydroxyl groups excluding tert-OH is 1. The van der Waals surface area contributed by atoms with E-state index in [0.29, 0.717) is 6.42 Å². The number of para-hydroxylation sites is 1. The fourth-order valence-electron chi connectivity index (χ4n) is 2.93. The Bertz CT molecular complexity index is 618. The predicted octanol–water partition coefficient (Wildman–Crippen LogP) is 4.03. The minimum Gasteiger partial charge on any atom is -0.392 e. The number of allylic oxidation sites excluding steroid dienone is 1. The van der Waals surface area contributed by atoms with Gasteiger partial charge in [0.25, 0.3) is 0 Å². The van der Waals surface area contributed by atoms with E-state index in [-0.39, 0.29) is 6.10 Å². The molecule has 20 heavy (non-hydrogen) atoms. The maximum atomic E-state index is 10.2. The standard InChI is InChI=1S/C18H21NO/c20-17(12-14-6-2-1-3-7-14)13-16-11-10-15-8-4-5-9-18(15)19-16/h4-6,8-11,17,20H,1-3,7,12-13H2. The van der Waals surface area contributed by atoms with E-state index in [4.69, 9.17) is 0 Å². The van der Waals surface area contributed by atoms with Crippen LogP contribution in [-0.4, -0.2) is 16.2 Å². The zero-order valence-corrected chi connectivity index (χ0v) is 11.8. The minimum atomic E-state index is -0.312. The van der Waals surface area contributed by atoms with Gasteiger partial charge in [0, 0.05) is 17.5 Å². The molecule has 0 spiro atoms. The number of benzene rings is 1. The van der Waals surface area contributed by atoms with Crippen LogP contribution in [0, 0.1) is 0 Å². The fraction of sp³-hybridized carbons (Fsp3) is 0.389. The van der Waals surface area contributed by atoms with Gasteiger partial charge in [-0.3, -0.25) is 4.98 Å². The van der Waals surface area contributed by atoms with Crippen LogP contribution in [-0.2, 0) is 6.42 Å². The first-order valence-corrected chi connectivity index (χ1v) is 7.52. The zero-order valence-electron chi connectivity index (χ0n) is 11.8. The molecule has 0 radical (unpaired) electrons. The van der Waals surface area contributed by atoms with Gasteiger partial charge in [-0.25, -0.2) is 0 Å². The van der Waals surface area contributed by atoms with E-state index < -0.39 is 0 Å². The van der Waals surface area contributed by atoms with Gasteiger partial charge in [0.1, 0.15) is 0 Å². The Morgan fingerprint density at radius 2 is 1.95 bits per heavy atom. The molecule has 1 heterocycles. The number of fused-ring (bicyclic) bond motifs is 1. The van der Waals surface area contributed by atoms with Crippen LogP contribution in [0.3, 0.4) is 0 Å². The maximum Gasteiger partial charge on any atom is 0.0705 e. The number of nitrogens with zero attached hydrogens (tertiary/aromatic N) is 1. The lowest BCUT2D eigenvalue weighted by Gasteiger charge is -2.16. The summed E-state index contributed by atoms with van der Waals surface area (Å²) in [6.45, 7) is 0. The van der Waals surface area contributed by atoms with Gasteiger partial charge >= 0.3 is 0 Å². The number of aromatic nitrogens is 1. The predicted molar refractivity (Wildman–Crippen MR) is 82.6 cm³/mol. The maximum absolute atomic E-state index is 10.2. The van der Waals surface area contributed by atoms with E-state index in [9.17, 15) is 5.11 Å². The average molecular weight is 267 g/mol. The summed E-state index contributed by atoms with van der Waals surface area (Å²) in [5.41, 5.74) is 3.41. The molecule has 1 unspecified atom stereocenters. The van der Waals surface area contributed by atoms with E-state index in [0.717, 1.165) is 29.4 Å². The lowest BCUT2D eigenvalue weighted by atomic mass is 9.94. The molecule has 0 saturated carbocycles. The van der Waals surface area contributed by atoms with Crippen LogP contribution in [0.5, 0.6) is 0 Å². The lowest BCUT2D eigenvalue weighted by molar-refractivity contribution is 0.172. The van der Waals surface area contributed by atoms with Crippen molar-refractivity contribution in [2.45, 2.75) is 44.6 Å². The van der Waals surface area contributed by atoms with Gasteiger partial charge in [-0.1, -0.05) is 35.9 Å². The van der Waals surface area contributed by atoms with Crippen molar-refractivity contribution >= 4 is 10.9 Å². The van der Waals surface area contributed by atoms with Crippen molar-refractivity contribution in [3.05, 3.63) is 53.7 Å². The molecule has 0 aliphatic heterocycles. The molecule has 3 rings (SSSR count). The van der Waals surface area contributed by atoms with Crippen molar-refractivity contribution in [2.24, 2.45) is 0 Å². The second-order valence-corrected chi connectivity index (χ2v) is 5.67. The molecule has 1 atom stereocenters. The molecule has 0 fully saturated rings. The van der Waals surface area contributed by atoms with E-state index >= 15 is 0 Å². The Labute approximate surface area is 120 Å². The van der Waals surface area contributed by atoms with Gasteiger partial charge in [0.2, 0.25) is 0 Å². The molecule has 1 N–H and O–H groups in total. The minimum absolute atomic E-state index is 0.312. The normalized spacial score (nSPS) is 16.9. The molecule has 1 aromatic carbocycles. The fourth-order valence-corrected chi connectivity index (χ4v) is 2.93. The van der Waals surface area contributed by atoms with Crippen molar-refractivity contribution in [3.8, 4) is 0 Å². The molecule has 2 nitrogen and oxygen atoms in total. The number of pyridine rings is 1. The lowest BCUT2D eigenvalue weighted by Crippen LogP contribution is -2.13. The highest BCUT2D eigenvalue weighted by Gasteiger charge is 2.11. The largest absolute Gasteiger partial charge is 0.392 e. The Balaban J connectivity index is 1.67. The smallest absolute Gasteiger partial charge is 0.0705 e. The Morgan fingerprint density at radius 1 is 1.05 bits per heavy atom. The molecule has 2 heteroatoms. The van der Waals surface area contributed by atoms with Crippen molar-refractivity contribution in [3.63, 3.8) is 0 Å². The summed E-state index contributed by atoms with van der Waals surface area (Å²) >= 11 is 0. The molecule has 1 aliphatic carbocycles. The van der Waals surface area contributed by atoms with Gasteiger partial charge < -0.3 is 5.11 Å². The van der Waals surface area contributed by atoms with Crippen LogP contribution in [0.4, 0.5) is 0 Å². The van der Waals surface area contributed by atoms with E-state index in [1.807, 2.05) is 24.3 Å². The highest BCUT2D eigenvalue weighted by Crippen LogP contribution is 2.22. The molecule has 1 aromatic heterocycles. The second-order valence-electron chi connectivity index (χ2n) is 5.67. The van der Waals surface area contributed by atoms with Crippen molar-refractivity contribution in [1.82, 2.24) is 4.98 Å². The monoisotopic (exact) mass is 267 g/mol. The third kappa shape index (κ3) is 3.26. The zero-order chi connectivity index (χ0) is 13.8. The first kappa shape index (κ1) is 13.3. The van der Waals surface area contributed by atoms with Crippen molar-refractivity contribution in [2.75, 3.05) is 0 Å². The summed E-state index contributed by atoms with van der Waals surface area (Å²) in [7, 11) is 0. The van der Waals surface area contributed by atoms with E-state index in [1.54, 1.807) is 0 Å². The molecule has 0 amide bonds. The van der Waals surface area contributed by atoms with E-state index in [1.165, 1.54) is 24.8 Å². The van der Waals surface area contributed by atoms with Crippen molar-refractivity contribution < 1.29 is 5.11 Å². The number of aliphatic hydroxyl groups is 1. The highest BCUT2D eigenvalue weighted by molar-refractivity contribution is 5.78. The Kier molecular flexibility index (Phi) is 4.12. The number of hydrogen-bond acceptors (Lipinski definition) is 2. The third-order valence-corrected chi connectivity index (χ3v) is 3.98. The van der Waals surface area contributed by atoms with Crippen LogP contribution < -0.4 is 0 Å². The first-order valence-electron chi connectivity index (χ1n) is 7.52. The van der Waals surface area contributed by atoms with Crippen LogP contribution in [0.1, 0.15) is 37.8 Å². The Morgan fingerprint density at radius 3 is 2.80 bits per heavy atom. The van der Waals surface area contributed by atoms with Crippen LogP contribution in [0.25, 0.3) is 10.9 Å². The summed E-state index contributed by atoms with van der Waals surface area (Å²) in [4.78, 5) is 4.63. The molecule has 0 bridgehead atoms. The quantitative estimate of drug-likeness (QED) is 0.848. The first-order chi connectivity index (χ1) is 9.81. The van der Waals surface area contributed by atoms with Gasteiger partial charge in [-0.05, 0) is 44.2 Å². The van der Waals surface area contributed by atoms with E-state index in [2.05, 4.69) is 23.2 Å². The van der Waals surface area contributed by atoms with Crippen LogP contribution >= 0.6 is 0 Å². The number of rotatable bonds is 4. The Hall–Kier alpha value is -1.67. The SMILES string of the molecule is OC(CC1=CCCCC1)Cc1ccc2ccccc2n1. The molecule has 2 aromatic rings. The summed E-state index contributed by atoms with van der Waals surface area (Å²) in [5, 5.41) is 11.4. The van der Waals surface area contributed by atoms with Gasteiger partial charge in [0.15, 0.2) is 0 Å². The molecule has 104 valence electrons. The van der Waals surface area contributed by atoms with Gasteiger partial charge in [0.05, 0.1) is 11.6 Å². The second kappa shape index (κ2) is 6.19. The summed E-state index contributed by atoms with van der Waals surface area (Å²) in [6, 6.07) is 12.2. The average Bonchev–Trinajstić information content (AvgIpc) is 2.48. The third-order valence-electron chi connectivity index (χ3n) is 3.98. The molecular formula is C18H21NO. The molecule has 1 aliphatic rings. The number of hydrogen-bond donors (Lipinski definition) is 1. The topological polar surface area (TPSA) is 33.1 Å². The van der Waals surface area contributed by atoms with Crippen molar-refractivity contribution in [1.29, 1.82) is 0 Å². The highest BCUT2D eigenvalue weighted by atomic mass is 16.3. The van der Waals surface area contributed by atoms with Crippen LogP contribution in [0.2, 0.25) is 0 Å². The summed E-state index contributed by atoms with van der Waals surface area (Å²) < 4.78 is 0. The van der Waals surface area contributed by atoms with Gasteiger partial charge in [-0.15, -0.1) is 0 Å².